The van der Waals surface area contributed by atoms with Gasteiger partial charge in [-0.25, -0.2) is 17.6 Å². The van der Waals surface area contributed by atoms with E-state index in [9.17, 15) is 31.9 Å². The number of rotatable bonds is 10. The fourth-order valence-electron chi connectivity index (χ4n) is 3.94. The molecule has 0 saturated carbocycles. The van der Waals surface area contributed by atoms with E-state index < -0.39 is 51.9 Å². The number of benzene rings is 4. The van der Waals surface area contributed by atoms with E-state index in [1.165, 1.54) is 18.2 Å². The molecule has 3 amide bonds. The maximum atomic E-state index is 14.1. The molecule has 13 heteroatoms. The molecule has 0 aliphatic carbocycles. The van der Waals surface area contributed by atoms with Gasteiger partial charge in [0.2, 0.25) is 5.91 Å². The lowest BCUT2D eigenvalue weighted by atomic mass is 10.1. The average Bonchev–Trinajstić information content (AvgIpc) is 3.02. The van der Waals surface area contributed by atoms with Gasteiger partial charge in [0.1, 0.15) is 11.4 Å². The van der Waals surface area contributed by atoms with Crippen LogP contribution < -0.4 is 16.0 Å². The van der Waals surface area contributed by atoms with E-state index in [1.807, 2.05) is 5.32 Å². The van der Waals surface area contributed by atoms with Gasteiger partial charge < -0.3 is 16.0 Å². The topological polar surface area (TPSA) is 87.3 Å². The fraction of sp³-hybridized carbons (Fsp3) is 0.0938. The molecule has 0 spiro atoms. The molecule has 3 N–H and O–H groups in total. The number of carbonyl (C=O) groups excluding carboxylic acids is 3. The Morgan fingerprint density at radius 1 is 0.844 bits per heavy atom. The normalized spacial score (nSPS) is 11.9. The molecule has 1 unspecified atom stereocenters. The van der Waals surface area contributed by atoms with Gasteiger partial charge >= 0.3 is 0 Å². The molecule has 0 fully saturated rings. The van der Waals surface area contributed by atoms with Crippen LogP contribution in [0.1, 0.15) is 29.3 Å². The summed E-state index contributed by atoms with van der Waals surface area (Å²) in [6, 6.07) is 19.2. The lowest BCUT2D eigenvalue weighted by Crippen LogP contribution is -2.30. The van der Waals surface area contributed by atoms with Crippen molar-refractivity contribution >= 4 is 70.1 Å². The molecule has 4 aromatic rings. The van der Waals surface area contributed by atoms with Crippen molar-refractivity contribution in [2.75, 3.05) is 10.6 Å². The number of halogens is 6. The van der Waals surface area contributed by atoms with Crippen LogP contribution in [0.2, 0.25) is 10.0 Å². The summed E-state index contributed by atoms with van der Waals surface area (Å²) in [4.78, 5) is 39.6. The molecule has 232 valence electrons. The van der Waals surface area contributed by atoms with Crippen LogP contribution in [0, 0.1) is 23.3 Å². The maximum absolute atomic E-state index is 14.1. The van der Waals surface area contributed by atoms with E-state index in [0.29, 0.717) is 21.0 Å². The highest BCUT2D eigenvalue weighted by atomic mass is 35.5. The van der Waals surface area contributed by atoms with Crippen LogP contribution in [0.4, 0.5) is 28.9 Å². The second-order valence-corrected chi connectivity index (χ2v) is 11.5. The van der Waals surface area contributed by atoms with Crippen molar-refractivity contribution < 1.29 is 31.9 Å². The Kier molecular flexibility index (Phi) is 11.3. The monoisotopic (exact) mass is 675 g/mol. The van der Waals surface area contributed by atoms with E-state index in [-0.39, 0.29) is 28.9 Å². The highest BCUT2D eigenvalue weighted by Crippen LogP contribution is 2.31. The summed E-state index contributed by atoms with van der Waals surface area (Å²) in [6.45, 7) is 1.64. The largest absolute Gasteiger partial charge is 0.321 e. The minimum atomic E-state index is -1.73. The van der Waals surface area contributed by atoms with Crippen molar-refractivity contribution in [3.8, 4) is 0 Å². The molecule has 6 nitrogen and oxygen atoms in total. The number of amides is 3. The number of thioether (sulfide) groups is 1. The van der Waals surface area contributed by atoms with Crippen molar-refractivity contribution in [1.29, 1.82) is 0 Å². The third-order valence-electron chi connectivity index (χ3n) is 6.18. The third kappa shape index (κ3) is 8.65. The Morgan fingerprint density at radius 2 is 1.53 bits per heavy atom. The van der Waals surface area contributed by atoms with Crippen molar-refractivity contribution in [2.45, 2.75) is 23.5 Å². The molecule has 0 aliphatic rings. The van der Waals surface area contributed by atoms with Gasteiger partial charge in [0.15, 0.2) is 23.3 Å². The fourth-order valence-corrected chi connectivity index (χ4v) is 5.41. The van der Waals surface area contributed by atoms with Crippen molar-refractivity contribution in [1.82, 2.24) is 5.32 Å². The zero-order chi connectivity index (χ0) is 32.7. The lowest BCUT2D eigenvalue weighted by Gasteiger charge is -2.17. The summed E-state index contributed by atoms with van der Waals surface area (Å²) in [5.41, 5.74) is -0.363. The lowest BCUT2D eigenvalue weighted by molar-refractivity contribution is -0.116. The van der Waals surface area contributed by atoms with E-state index in [2.05, 4.69) is 10.6 Å². The zero-order valence-electron chi connectivity index (χ0n) is 23.3. The Labute approximate surface area is 269 Å². The summed E-state index contributed by atoms with van der Waals surface area (Å²) in [7, 11) is 0. The molecule has 4 aromatic carbocycles. The molecule has 0 aromatic heterocycles. The van der Waals surface area contributed by atoms with Gasteiger partial charge in [-0.05, 0) is 60.5 Å². The van der Waals surface area contributed by atoms with Gasteiger partial charge in [0.25, 0.3) is 11.8 Å². The molecular weight excluding hydrogens is 653 g/mol. The van der Waals surface area contributed by atoms with Crippen LogP contribution in [-0.2, 0) is 9.59 Å². The second kappa shape index (κ2) is 15.1. The quantitative estimate of drug-likeness (QED) is 0.0681. The molecule has 0 bridgehead atoms. The summed E-state index contributed by atoms with van der Waals surface area (Å²) in [5, 5.41) is 6.90. The highest BCUT2D eigenvalue weighted by Gasteiger charge is 2.25. The SMILES string of the molecule is CCC(Sc1cccc(NC(=O)/C(=C\c2ccc(Cl)cc2Cl)NC(=O)c2ccccc2)c1)C(=O)Nc1c(F)c(F)cc(F)c1F. The number of hydrogen-bond acceptors (Lipinski definition) is 4. The van der Waals surface area contributed by atoms with E-state index in [4.69, 9.17) is 23.2 Å². The second-order valence-electron chi connectivity index (χ2n) is 9.37. The van der Waals surface area contributed by atoms with Gasteiger partial charge in [-0.15, -0.1) is 11.8 Å². The molecule has 0 heterocycles. The first-order valence-corrected chi connectivity index (χ1v) is 14.9. The van der Waals surface area contributed by atoms with Crippen LogP contribution >= 0.6 is 35.0 Å². The van der Waals surface area contributed by atoms with Crippen molar-refractivity contribution in [3.63, 3.8) is 0 Å². The highest BCUT2D eigenvalue weighted by molar-refractivity contribution is 8.00. The Morgan fingerprint density at radius 3 is 2.18 bits per heavy atom. The molecule has 4 rings (SSSR count). The van der Waals surface area contributed by atoms with Crippen LogP contribution in [0.25, 0.3) is 6.08 Å². The summed E-state index contributed by atoms with van der Waals surface area (Å²) in [5.74, 6) is -8.90. The number of hydrogen-bond donors (Lipinski definition) is 3. The van der Waals surface area contributed by atoms with E-state index >= 15 is 0 Å². The van der Waals surface area contributed by atoms with Crippen LogP contribution in [-0.4, -0.2) is 23.0 Å². The summed E-state index contributed by atoms with van der Waals surface area (Å²) in [6.07, 6.45) is 1.56. The maximum Gasteiger partial charge on any atom is 0.272 e. The summed E-state index contributed by atoms with van der Waals surface area (Å²) >= 11 is 13.3. The van der Waals surface area contributed by atoms with Crippen molar-refractivity contribution in [3.05, 3.63) is 129 Å². The Bertz CT molecular complexity index is 1770. The van der Waals surface area contributed by atoms with Gasteiger partial charge in [0, 0.05) is 32.3 Å². The van der Waals surface area contributed by atoms with Crippen LogP contribution in [0.5, 0.6) is 0 Å². The minimum Gasteiger partial charge on any atom is -0.321 e. The van der Waals surface area contributed by atoms with Gasteiger partial charge in [-0.3, -0.25) is 14.4 Å². The Hall–Kier alpha value is -4.32. The molecular formula is C32H23Cl2F4N3O3S. The van der Waals surface area contributed by atoms with E-state index in [1.54, 1.807) is 67.6 Å². The first-order valence-electron chi connectivity index (χ1n) is 13.2. The molecule has 1 atom stereocenters. The number of anilines is 2. The van der Waals surface area contributed by atoms with Crippen LogP contribution in [0.15, 0.2) is 89.5 Å². The predicted octanol–water partition coefficient (Wildman–Crippen LogP) is 8.47. The zero-order valence-corrected chi connectivity index (χ0v) is 25.6. The van der Waals surface area contributed by atoms with Crippen LogP contribution in [0.3, 0.4) is 0 Å². The van der Waals surface area contributed by atoms with Gasteiger partial charge in [-0.1, -0.05) is 60.5 Å². The number of carbonyl (C=O) groups is 3. The molecule has 0 saturated heterocycles. The first-order chi connectivity index (χ1) is 21.5. The van der Waals surface area contributed by atoms with Crippen molar-refractivity contribution in [2.24, 2.45) is 0 Å². The van der Waals surface area contributed by atoms with E-state index in [0.717, 1.165) is 11.8 Å². The first kappa shape index (κ1) is 33.6. The molecule has 45 heavy (non-hydrogen) atoms. The Balaban J connectivity index is 1.54. The van der Waals surface area contributed by atoms with Gasteiger partial charge in [0.05, 0.1) is 5.25 Å². The van der Waals surface area contributed by atoms with Gasteiger partial charge in [-0.2, -0.15) is 0 Å². The standard InChI is InChI=1S/C32H23Cl2F4N3O3S/c1-2-26(32(44)41-29-27(37)23(35)16-24(36)28(29)38)45-21-10-6-9-20(15-21)39-31(43)25(13-18-11-12-19(33)14-22(18)34)40-30(42)17-7-4-3-5-8-17/h3-16,26H,2H2,1H3,(H,39,43)(H,40,42)(H,41,44)/b25-13+. The average molecular weight is 677 g/mol. The summed E-state index contributed by atoms with van der Waals surface area (Å²) < 4.78 is 55.4. The number of nitrogens with one attached hydrogen (secondary N) is 3. The molecule has 0 aliphatic heterocycles. The predicted molar refractivity (Wildman–Crippen MR) is 168 cm³/mol. The smallest absolute Gasteiger partial charge is 0.272 e. The minimum absolute atomic E-state index is 0.0456. The third-order valence-corrected chi connectivity index (χ3v) is 8.11. The molecule has 0 radical (unpaired) electrons.